The Labute approximate surface area is 108 Å². The predicted molar refractivity (Wildman–Crippen MR) is 68.6 cm³/mol. The first kappa shape index (κ1) is 15.1. The first-order chi connectivity index (χ1) is 8.49. The highest BCUT2D eigenvalue weighted by Gasteiger charge is 2.14. The van der Waals surface area contributed by atoms with Crippen LogP contribution in [0.1, 0.15) is 12.5 Å². The van der Waals surface area contributed by atoms with Gasteiger partial charge in [0.25, 0.3) is 0 Å². The van der Waals surface area contributed by atoms with Gasteiger partial charge in [-0.1, -0.05) is 19.1 Å². The van der Waals surface area contributed by atoms with Gasteiger partial charge >= 0.3 is 0 Å². The normalized spacial score (nSPS) is 13.5. The Morgan fingerprint density at radius 1 is 1.33 bits per heavy atom. The van der Waals surface area contributed by atoms with Crippen molar-refractivity contribution in [2.45, 2.75) is 18.4 Å². The number of nitrogens with one attached hydrogen (secondary N) is 1. The fraction of sp³-hybridized carbons (Fsp3) is 0.500. The molecule has 1 aromatic carbocycles. The highest BCUT2D eigenvalue weighted by Crippen LogP contribution is 2.10. The fourth-order valence-electron chi connectivity index (χ4n) is 1.45. The maximum Gasteiger partial charge on any atom is 0.240 e. The molecule has 0 aliphatic rings. The second-order valence-corrected chi connectivity index (χ2v) is 5.98. The van der Waals surface area contributed by atoms with Crippen molar-refractivity contribution in [2.24, 2.45) is 5.92 Å². The zero-order chi connectivity index (χ0) is 13.6. The Balaban J connectivity index is 2.67. The molecule has 1 unspecified atom stereocenters. The summed E-state index contributed by atoms with van der Waals surface area (Å²) >= 11 is 0. The summed E-state index contributed by atoms with van der Waals surface area (Å²) in [4.78, 5) is 0.198. The van der Waals surface area contributed by atoms with E-state index in [0.717, 1.165) is 0 Å². The second kappa shape index (κ2) is 6.84. The summed E-state index contributed by atoms with van der Waals surface area (Å²) in [5.41, 5.74) is 0.682. The largest absolute Gasteiger partial charge is 0.392 e. The van der Waals surface area contributed by atoms with Crippen LogP contribution in [0.15, 0.2) is 29.2 Å². The van der Waals surface area contributed by atoms with Crippen molar-refractivity contribution >= 4 is 10.0 Å². The average Bonchev–Trinajstić information content (AvgIpc) is 2.37. The zero-order valence-corrected chi connectivity index (χ0v) is 11.4. The number of aliphatic hydroxyl groups excluding tert-OH is 1. The van der Waals surface area contributed by atoms with Crippen LogP contribution in [-0.2, 0) is 21.4 Å². The topological polar surface area (TPSA) is 75.6 Å². The van der Waals surface area contributed by atoms with E-state index >= 15 is 0 Å². The van der Waals surface area contributed by atoms with Gasteiger partial charge in [0, 0.05) is 20.3 Å². The standard InChI is InChI=1S/C12H19NO4S/c1-10(9-17-2)7-13-18(15,16)12-5-3-11(8-14)4-6-12/h3-6,10,13-14H,7-9H2,1-2H3. The first-order valence-corrected chi connectivity index (χ1v) is 7.16. The van der Waals surface area contributed by atoms with Gasteiger partial charge in [0.2, 0.25) is 10.0 Å². The van der Waals surface area contributed by atoms with Gasteiger partial charge in [0.15, 0.2) is 0 Å². The van der Waals surface area contributed by atoms with Crippen LogP contribution in [0.25, 0.3) is 0 Å². The molecule has 0 saturated carbocycles. The molecule has 0 saturated heterocycles. The lowest BCUT2D eigenvalue weighted by molar-refractivity contribution is 0.161. The lowest BCUT2D eigenvalue weighted by atomic mass is 10.2. The fourth-order valence-corrected chi connectivity index (χ4v) is 2.62. The lowest BCUT2D eigenvalue weighted by Gasteiger charge is -2.12. The monoisotopic (exact) mass is 273 g/mol. The zero-order valence-electron chi connectivity index (χ0n) is 10.6. The van der Waals surface area contributed by atoms with Gasteiger partial charge in [-0.3, -0.25) is 0 Å². The number of hydrogen-bond acceptors (Lipinski definition) is 4. The molecule has 0 aliphatic heterocycles. The van der Waals surface area contributed by atoms with E-state index in [2.05, 4.69) is 4.72 Å². The molecule has 1 rings (SSSR count). The molecule has 0 spiro atoms. The van der Waals surface area contributed by atoms with Gasteiger partial charge in [0.05, 0.1) is 11.5 Å². The van der Waals surface area contributed by atoms with Crippen LogP contribution in [-0.4, -0.2) is 33.8 Å². The predicted octanol–water partition coefficient (Wildman–Crippen LogP) is 0.740. The van der Waals surface area contributed by atoms with Gasteiger partial charge in [-0.25, -0.2) is 13.1 Å². The molecule has 0 aliphatic carbocycles. The highest BCUT2D eigenvalue weighted by atomic mass is 32.2. The summed E-state index contributed by atoms with van der Waals surface area (Å²) in [6.07, 6.45) is 0. The molecule has 18 heavy (non-hydrogen) atoms. The van der Waals surface area contributed by atoms with Crippen LogP contribution in [0.4, 0.5) is 0 Å². The summed E-state index contributed by atoms with van der Waals surface area (Å²) in [6.45, 7) is 2.64. The Morgan fingerprint density at radius 2 is 1.94 bits per heavy atom. The number of sulfonamides is 1. The van der Waals surface area contributed by atoms with Gasteiger partial charge in [-0.05, 0) is 23.6 Å². The summed E-state index contributed by atoms with van der Waals surface area (Å²) in [7, 11) is -1.90. The molecular formula is C12H19NO4S. The average molecular weight is 273 g/mol. The Morgan fingerprint density at radius 3 is 2.44 bits per heavy atom. The van der Waals surface area contributed by atoms with E-state index < -0.39 is 10.0 Å². The summed E-state index contributed by atoms with van der Waals surface area (Å²) in [5.74, 6) is 0.112. The van der Waals surface area contributed by atoms with Crippen LogP contribution in [0.3, 0.4) is 0 Å². The Bertz CT molecular complexity index is 455. The maximum absolute atomic E-state index is 11.9. The molecule has 0 bridgehead atoms. The molecule has 6 heteroatoms. The van der Waals surface area contributed by atoms with E-state index in [9.17, 15) is 8.42 Å². The number of benzene rings is 1. The number of ether oxygens (including phenoxy) is 1. The summed E-state index contributed by atoms with van der Waals surface area (Å²) in [5, 5.41) is 8.89. The molecule has 5 nitrogen and oxygen atoms in total. The molecule has 0 aromatic heterocycles. The van der Waals surface area contributed by atoms with Crippen LogP contribution < -0.4 is 4.72 Å². The molecule has 1 atom stereocenters. The van der Waals surface area contributed by atoms with Crippen LogP contribution in [0.2, 0.25) is 0 Å². The molecule has 1 aromatic rings. The molecule has 0 radical (unpaired) electrons. The third kappa shape index (κ3) is 4.38. The number of aliphatic hydroxyl groups is 1. The van der Waals surface area contributed by atoms with Crippen molar-refractivity contribution in [3.8, 4) is 0 Å². The Hall–Kier alpha value is -0.950. The quantitative estimate of drug-likeness (QED) is 0.768. The van der Waals surface area contributed by atoms with E-state index in [1.165, 1.54) is 12.1 Å². The van der Waals surface area contributed by atoms with E-state index in [-0.39, 0.29) is 17.4 Å². The van der Waals surface area contributed by atoms with E-state index in [0.29, 0.717) is 18.7 Å². The third-order valence-electron chi connectivity index (χ3n) is 2.49. The minimum Gasteiger partial charge on any atom is -0.392 e. The van der Waals surface area contributed by atoms with Crippen LogP contribution in [0.5, 0.6) is 0 Å². The lowest BCUT2D eigenvalue weighted by Crippen LogP contribution is -2.30. The number of rotatable bonds is 7. The van der Waals surface area contributed by atoms with Crippen molar-refractivity contribution < 1.29 is 18.3 Å². The first-order valence-electron chi connectivity index (χ1n) is 5.68. The molecule has 0 heterocycles. The van der Waals surface area contributed by atoms with Crippen molar-refractivity contribution in [3.05, 3.63) is 29.8 Å². The van der Waals surface area contributed by atoms with Crippen LogP contribution in [0, 0.1) is 5.92 Å². The van der Waals surface area contributed by atoms with Crippen molar-refractivity contribution in [1.29, 1.82) is 0 Å². The van der Waals surface area contributed by atoms with Gasteiger partial charge in [-0.15, -0.1) is 0 Å². The minimum absolute atomic E-state index is 0.0986. The summed E-state index contributed by atoms with van der Waals surface area (Å²) in [6, 6.07) is 6.14. The van der Waals surface area contributed by atoms with Crippen molar-refractivity contribution in [2.75, 3.05) is 20.3 Å². The SMILES string of the molecule is COCC(C)CNS(=O)(=O)c1ccc(CO)cc1. The van der Waals surface area contributed by atoms with Crippen molar-refractivity contribution in [3.63, 3.8) is 0 Å². The van der Waals surface area contributed by atoms with Crippen molar-refractivity contribution in [1.82, 2.24) is 4.72 Å². The molecule has 102 valence electrons. The maximum atomic E-state index is 11.9. The molecule has 0 fully saturated rings. The third-order valence-corrected chi connectivity index (χ3v) is 3.93. The number of methoxy groups -OCH3 is 1. The summed E-state index contributed by atoms with van der Waals surface area (Å²) < 4.78 is 31.3. The van der Waals surface area contributed by atoms with E-state index in [4.69, 9.17) is 9.84 Å². The van der Waals surface area contributed by atoms with Crippen LogP contribution >= 0.6 is 0 Å². The number of hydrogen-bond donors (Lipinski definition) is 2. The molecular weight excluding hydrogens is 254 g/mol. The second-order valence-electron chi connectivity index (χ2n) is 4.21. The Kier molecular flexibility index (Phi) is 5.74. The smallest absolute Gasteiger partial charge is 0.240 e. The molecule has 2 N–H and O–H groups in total. The van der Waals surface area contributed by atoms with E-state index in [1.807, 2.05) is 6.92 Å². The van der Waals surface area contributed by atoms with E-state index in [1.54, 1.807) is 19.2 Å². The molecule has 0 amide bonds. The van der Waals surface area contributed by atoms with Gasteiger partial charge < -0.3 is 9.84 Å². The van der Waals surface area contributed by atoms with Gasteiger partial charge in [-0.2, -0.15) is 0 Å². The van der Waals surface area contributed by atoms with Gasteiger partial charge in [0.1, 0.15) is 0 Å². The minimum atomic E-state index is -3.49. The highest BCUT2D eigenvalue weighted by molar-refractivity contribution is 7.89.